The van der Waals surface area contributed by atoms with Crippen molar-refractivity contribution in [2.75, 3.05) is 0 Å². The molecule has 0 aromatic rings. The van der Waals surface area contributed by atoms with Gasteiger partial charge in [0.2, 0.25) is 0 Å². The van der Waals surface area contributed by atoms with Crippen molar-refractivity contribution in [2.24, 2.45) is 0 Å². The van der Waals surface area contributed by atoms with Gasteiger partial charge in [-0.25, -0.2) is 5.11 Å². The standard InChI is InChI=1S/C13H15O/c1-2-3-4-5-6-7-8-9-10-11-12-13-14/h2-7H2,1H3. The van der Waals surface area contributed by atoms with E-state index in [0.29, 0.717) is 0 Å². The van der Waals surface area contributed by atoms with E-state index in [2.05, 4.69) is 36.5 Å². The van der Waals surface area contributed by atoms with E-state index in [1.807, 2.05) is 0 Å². The number of unbranched alkanes of at least 4 members (excludes halogenated alkanes) is 5. The van der Waals surface area contributed by atoms with Crippen LogP contribution in [0.15, 0.2) is 0 Å². The van der Waals surface area contributed by atoms with Crippen LogP contribution in [0, 0.1) is 35.7 Å². The monoisotopic (exact) mass is 187 g/mol. The van der Waals surface area contributed by atoms with Crippen molar-refractivity contribution in [1.82, 2.24) is 0 Å². The summed E-state index contributed by atoms with van der Waals surface area (Å²) in [5.41, 5.74) is 0. The summed E-state index contributed by atoms with van der Waals surface area (Å²) in [5.74, 6) is 12.5. The second-order valence-electron chi connectivity index (χ2n) is 2.94. The molecule has 0 saturated heterocycles. The minimum absolute atomic E-state index is 0.892. The Morgan fingerprint density at radius 1 is 0.857 bits per heavy atom. The summed E-state index contributed by atoms with van der Waals surface area (Å²) in [7, 11) is 0. The van der Waals surface area contributed by atoms with Gasteiger partial charge in [-0.1, -0.05) is 38.5 Å². The van der Waals surface area contributed by atoms with Gasteiger partial charge in [0.25, 0.3) is 0 Å². The Balaban J connectivity index is 3.34. The summed E-state index contributed by atoms with van der Waals surface area (Å²) in [6.45, 7) is 2.20. The first-order chi connectivity index (χ1) is 6.91. The lowest BCUT2D eigenvalue weighted by molar-refractivity contribution is 0.392. The van der Waals surface area contributed by atoms with Gasteiger partial charge in [0, 0.05) is 18.3 Å². The molecular formula is C13H15O. The first-order valence-corrected chi connectivity index (χ1v) is 5.01. The topological polar surface area (TPSA) is 19.9 Å². The fourth-order valence-corrected chi connectivity index (χ4v) is 1.01. The summed E-state index contributed by atoms with van der Waals surface area (Å²) >= 11 is 0. The van der Waals surface area contributed by atoms with E-state index < -0.39 is 0 Å². The molecule has 0 N–H and O–H groups in total. The zero-order valence-electron chi connectivity index (χ0n) is 8.65. The van der Waals surface area contributed by atoms with E-state index in [-0.39, 0.29) is 0 Å². The quantitative estimate of drug-likeness (QED) is 0.466. The molecule has 0 amide bonds. The Hall–Kier alpha value is -1.52. The summed E-state index contributed by atoms with van der Waals surface area (Å²) in [6.07, 6.45) is 8.61. The molecule has 0 aliphatic carbocycles. The van der Waals surface area contributed by atoms with E-state index in [9.17, 15) is 5.11 Å². The van der Waals surface area contributed by atoms with E-state index in [1.54, 1.807) is 0 Å². The molecule has 1 heteroatoms. The fourth-order valence-electron chi connectivity index (χ4n) is 1.01. The Bertz CT molecular complexity index is 295. The van der Waals surface area contributed by atoms with Crippen LogP contribution in [0.1, 0.15) is 45.4 Å². The maximum absolute atomic E-state index is 9.65. The molecule has 0 spiro atoms. The maximum Gasteiger partial charge on any atom is 0.186 e. The molecule has 0 heterocycles. The minimum atomic E-state index is 0.892. The highest BCUT2D eigenvalue weighted by Crippen LogP contribution is 2.03. The van der Waals surface area contributed by atoms with Crippen molar-refractivity contribution in [1.29, 1.82) is 0 Å². The first-order valence-electron chi connectivity index (χ1n) is 5.01. The summed E-state index contributed by atoms with van der Waals surface area (Å²) in [4.78, 5) is 0. The number of hydrogen-bond acceptors (Lipinski definition) is 0. The third-order valence-electron chi connectivity index (χ3n) is 1.73. The van der Waals surface area contributed by atoms with Gasteiger partial charge in [-0.15, -0.1) is 0 Å². The molecule has 73 valence electrons. The Kier molecular flexibility index (Phi) is 10.2. The Morgan fingerprint density at radius 3 is 2.29 bits per heavy atom. The van der Waals surface area contributed by atoms with Crippen LogP contribution in [0.25, 0.3) is 0 Å². The van der Waals surface area contributed by atoms with Crippen LogP contribution in [0.4, 0.5) is 0 Å². The molecule has 14 heavy (non-hydrogen) atoms. The van der Waals surface area contributed by atoms with Crippen molar-refractivity contribution in [3.63, 3.8) is 0 Å². The molecule has 0 unspecified atom stereocenters. The molecular weight excluding hydrogens is 172 g/mol. The van der Waals surface area contributed by atoms with Gasteiger partial charge in [0.15, 0.2) is 6.11 Å². The minimum Gasteiger partial charge on any atom is -0.223 e. The normalized spacial score (nSPS) is 7.21. The van der Waals surface area contributed by atoms with E-state index in [4.69, 9.17) is 0 Å². The zero-order valence-corrected chi connectivity index (χ0v) is 8.65. The highest BCUT2D eigenvalue weighted by atomic mass is 16.2. The second kappa shape index (κ2) is 11.5. The van der Waals surface area contributed by atoms with Crippen molar-refractivity contribution in [2.45, 2.75) is 45.4 Å². The van der Waals surface area contributed by atoms with Gasteiger partial charge in [-0.3, -0.25) is 0 Å². The number of hydrogen-bond donors (Lipinski definition) is 0. The van der Waals surface area contributed by atoms with Gasteiger partial charge in [-0.05, 0) is 18.3 Å². The molecule has 0 aliphatic rings. The van der Waals surface area contributed by atoms with E-state index >= 15 is 0 Å². The fraction of sp³-hybridized carbons (Fsp3) is 0.538. The molecule has 0 bridgehead atoms. The lowest BCUT2D eigenvalue weighted by atomic mass is 10.1. The SMILES string of the molecule is CCCCCCCC#CC#CC#C[O]. The average molecular weight is 187 g/mol. The predicted octanol–water partition coefficient (Wildman–Crippen LogP) is 2.75. The largest absolute Gasteiger partial charge is 0.223 e. The molecule has 0 aliphatic heterocycles. The number of rotatable bonds is 5. The highest BCUT2D eigenvalue weighted by molar-refractivity contribution is 5.34. The lowest BCUT2D eigenvalue weighted by Crippen LogP contribution is -1.75. The third-order valence-corrected chi connectivity index (χ3v) is 1.73. The van der Waals surface area contributed by atoms with Gasteiger partial charge < -0.3 is 0 Å². The summed E-state index contributed by atoms with van der Waals surface area (Å²) < 4.78 is 0. The van der Waals surface area contributed by atoms with Gasteiger partial charge in [-0.2, -0.15) is 0 Å². The smallest absolute Gasteiger partial charge is 0.186 e. The second-order valence-corrected chi connectivity index (χ2v) is 2.94. The van der Waals surface area contributed by atoms with Crippen LogP contribution in [0.5, 0.6) is 0 Å². The molecule has 0 atom stereocenters. The molecule has 1 nitrogen and oxygen atoms in total. The van der Waals surface area contributed by atoms with Gasteiger partial charge >= 0.3 is 0 Å². The molecule has 0 aromatic heterocycles. The van der Waals surface area contributed by atoms with Crippen molar-refractivity contribution in [3.8, 4) is 35.7 Å². The maximum atomic E-state index is 9.65. The predicted molar refractivity (Wildman–Crippen MR) is 57.4 cm³/mol. The molecule has 0 rings (SSSR count). The van der Waals surface area contributed by atoms with E-state index in [1.165, 1.54) is 31.8 Å². The van der Waals surface area contributed by atoms with Crippen molar-refractivity contribution in [3.05, 3.63) is 0 Å². The zero-order chi connectivity index (χ0) is 10.5. The molecule has 1 radical (unpaired) electrons. The molecule has 0 aromatic carbocycles. The Morgan fingerprint density at radius 2 is 1.57 bits per heavy atom. The van der Waals surface area contributed by atoms with Gasteiger partial charge in [0.05, 0.1) is 0 Å². The van der Waals surface area contributed by atoms with Crippen LogP contribution in [-0.2, 0) is 5.11 Å². The van der Waals surface area contributed by atoms with E-state index in [0.717, 1.165) is 12.8 Å². The summed E-state index contributed by atoms with van der Waals surface area (Å²) in [6, 6.07) is 0. The molecule has 0 saturated carbocycles. The summed E-state index contributed by atoms with van der Waals surface area (Å²) in [5, 5.41) is 9.65. The van der Waals surface area contributed by atoms with Crippen LogP contribution in [0.2, 0.25) is 0 Å². The van der Waals surface area contributed by atoms with Crippen LogP contribution >= 0.6 is 0 Å². The molecule has 0 fully saturated rings. The average Bonchev–Trinajstić information content (AvgIpc) is 2.21. The van der Waals surface area contributed by atoms with Crippen LogP contribution in [-0.4, -0.2) is 0 Å². The third kappa shape index (κ3) is 10.5. The van der Waals surface area contributed by atoms with Gasteiger partial charge in [0.1, 0.15) is 0 Å². The highest BCUT2D eigenvalue weighted by Gasteiger charge is 1.85. The Labute approximate surface area is 86.9 Å². The van der Waals surface area contributed by atoms with Crippen molar-refractivity contribution < 1.29 is 5.11 Å². The van der Waals surface area contributed by atoms with Crippen molar-refractivity contribution >= 4 is 0 Å². The van der Waals surface area contributed by atoms with Crippen LogP contribution in [0.3, 0.4) is 0 Å². The first kappa shape index (κ1) is 12.5. The lowest BCUT2D eigenvalue weighted by Gasteiger charge is -1.93. The van der Waals surface area contributed by atoms with Crippen LogP contribution < -0.4 is 0 Å².